The molecule has 3 rings (SSSR count). The molecule has 1 aliphatic carbocycles. The summed E-state index contributed by atoms with van der Waals surface area (Å²) in [5, 5.41) is 10.2. The first-order valence-corrected chi connectivity index (χ1v) is 6.26. The molecule has 2 fully saturated rings. The van der Waals surface area contributed by atoms with Gasteiger partial charge in [0, 0.05) is 16.6 Å². The van der Waals surface area contributed by atoms with Crippen LogP contribution in [0.2, 0.25) is 0 Å². The number of benzene rings is 1. The summed E-state index contributed by atoms with van der Waals surface area (Å²) in [5.74, 6) is 0. The van der Waals surface area contributed by atoms with Crippen molar-refractivity contribution in [2.75, 3.05) is 0 Å². The fourth-order valence-corrected chi connectivity index (χ4v) is 3.39. The number of ether oxygens (including phenoxy) is 1. The van der Waals surface area contributed by atoms with E-state index in [1.165, 1.54) is 4.90 Å². The van der Waals surface area contributed by atoms with Gasteiger partial charge in [0.05, 0.1) is 18.3 Å². The Kier molecular flexibility index (Phi) is 2.47. The fourth-order valence-electron chi connectivity index (χ4n) is 2.17. The van der Waals surface area contributed by atoms with Crippen LogP contribution in [0.5, 0.6) is 0 Å². The lowest BCUT2D eigenvalue weighted by Crippen LogP contribution is -2.31. The summed E-state index contributed by atoms with van der Waals surface area (Å²) in [5.41, 5.74) is 0. The Morgan fingerprint density at radius 3 is 2.67 bits per heavy atom. The molecule has 80 valence electrons. The Morgan fingerprint density at radius 2 is 1.87 bits per heavy atom. The first-order chi connectivity index (χ1) is 7.33. The minimum Gasteiger partial charge on any atom is -0.392 e. The number of aliphatic hydroxyl groups is 1. The molecule has 1 aliphatic heterocycles. The van der Waals surface area contributed by atoms with Crippen LogP contribution in [0.3, 0.4) is 0 Å². The molecular formula is C12H14O2S. The monoisotopic (exact) mass is 222 g/mol. The number of epoxide rings is 1. The van der Waals surface area contributed by atoms with Gasteiger partial charge in [-0.15, -0.1) is 11.8 Å². The maximum absolute atomic E-state index is 9.93. The van der Waals surface area contributed by atoms with Crippen LogP contribution in [0.25, 0.3) is 0 Å². The van der Waals surface area contributed by atoms with Gasteiger partial charge in [-0.2, -0.15) is 0 Å². The fraction of sp³-hybridized carbons (Fsp3) is 0.500. The maximum Gasteiger partial charge on any atom is 0.0867 e. The number of rotatable bonds is 2. The molecule has 4 atom stereocenters. The highest BCUT2D eigenvalue weighted by Gasteiger charge is 2.48. The lowest BCUT2D eigenvalue weighted by atomic mass is 9.97. The summed E-state index contributed by atoms with van der Waals surface area (Å²) in [6.45, 7) is 0. The third kappa shape index (κ3) is 2.05. The van der Waals surface area contributed by atoms with E-state index in [9.17, 15) is 5.11 Å². The van der Waals surface area contributed by atoms with E-state index >= 15 is 0 Å². The Morgan fingerprint density at radius 1 is 1.13 bits per heavy atom. The summed E-state index contributed by atoms with van der Waals surface area (Å²) >= 11 is 1.77. The second-order valence-electron chi connectivity index (χ2n) is 4.22. The predicted octanol–water partition coefficient (Wildman–Crippen LogP) is 2.07. The van der Waals surface area contributed by atoms with Gasteiger partial charge in [-0.25, -0.2) is 0 Å². The zero-order valence-corrected chi connectivity index (χ0v) is 9.19. The van der Waals surface area contributed by atoms with Crippen LogP contribution in [-0.2, 0) is 4.74 Å². The van der Waals surface area contributed by atoms with Gasteiger partial charge in [-0.3, -0.25) is 0 Å². The average molecular weight is 222 g/mol. The van der Waals surface area contributed by atoms with Crippen LogP contribution in [0.15, 0.2) is 35.2 Å². The van der Waals surface area contributed by atoms with Crippen LogP contribution in [0, 0.1) is 0 Å². The highest BCUT2D eigenvalue weighted by molar-refractivity contribution is 8.00. The number of hydrogen-bond acceptors (Lipinski definition) is 3. The largest absolute Gasteiger partial charge is 0.392 e. The van der Waals surface area contributed by atoms with Gasteiger partial charge < -0.3 is 9.84 Å². The normalized spacial score (nSPS) is 38.5. The Bertz CT molecular complexity index is 341. The first kappa shape index (κ1) is 9.70. The van der Waals surface area contributed by atoms with E-state index in [0.717, 1.165) is 12.8 Å². The van der Waals surface area contributed by atoms with E-state index in [4.69, 9.17) is 4.74 Å². The lowest BCUT2D eigenvalue weighted by Gasteiger charge is -2.24. The molecule has 15 heavy (non-hydrogen) atoms. The third-order valence-electron chi connectivity index (χ3n) is 3.09. The van der Waals surface area contributed by atoms with Gasteiger partial charge in [0.1, 0.15) is 0 Å². The number of thioether (sulfide) groups is 1. The van der Waals surface area contributed by atoms with E-state index in [1.54, 1.807) is 11.8 Å². The van der Waals surface area contributed by atoms with Crippen molar-refractivity contribution < 1.29 is 9.84 Å². The van der Waals surface area contributed by atoms with Crippen LogP contribution in [-0.4, -0.2) is 28.7 Å². The van der Waals surface area contributed by atoms with E-state index in [1.807, 2.05) is 18.2 Å². The van der Waals surface area contributed by atoms with Gasteiger partial charge in [-0.05, 0) is 18.6 Å². The zero-order chi connectivity index (χ0) is 10.3. The van der Waals surface area contributed by atoms with E-state index in [2.05, 4.69) is 12.1 Å². The molecule has 2 nitrogen and oxygen atoms in total. The van der Waals surface area contributed by atoms with Crippen LogP contribution in [0.1, 0.15) is 12.8 Å². The highest BCUT2D eigenvalue weighted by atomic mass is 32.2. The predicted molar refractivity (Wildman–Crippen MR) is 60.0 cm³/mol. The molecule has 0 bridgehead atoms. The van der Waals surface area contributed by atoms with Crippen LogP contribution in [0.4, 0.5) is 0 Å². The number of hydrogen-bond donors (Lipinski definition) is 1. The topological polar surface area (TPSA) is 32.8 Å². The maximum atomic E-state index is 9.93. The van der Waals surface area contributed by atoms with Crippen molar-refractivity contribution in [3.05, 3.63) is 30.3 Å². The summed E-state index contributed by atoms with van der Waals surface area (Å²) < 4.78 is 5.44. The van der Waals surface area contributed by atoms with Gasteiger partial charge in [0.2, 0.25) is 0 Å². The molecule has 1 aromatic rings. The molecule has 0 radical (unpaired) electrons. The molecule has 3 heteroatoms. The molecule has 0 aromatic heterocycles. The minimum absolute atomic E-state index is 0.209. The van der Waals surface area contributed by atoms with Crippen molar-refractivity contribution in [1.29, 1.82) is 0 Å². The van der Waals surface area contributed by atoms with Crippen molar-refractivity contribution >= 4 is 11.8 Å². The van der Waals surface area contributed by atoms with Crippen molar-refractivity contribution in [2.45, 2.75) is 41.3 Å². The highest BCUT2D eigenvalue weighted by Crippen LogP contribution is 2.42. The van der Waals surface area contributed by atoms with Crippen molar-refractivity contribution in [3.63, 3.8) is 0 Å². The molecule has 1 heterocycles. The third-order valence-corrected chi connectivity index (χ3v) is 4.44. The smallest absolute Gasteiger partial charge is 0.0867 e. The average Bonchev–Trinajstić information content (AvgIpc) is 2.98. The molecule has 0 unspecified atom stereocenters. The van der Waals surface area contributed by atoms with Gasteiger partial charge in [0.15, 0.2) is 0 Å². The lowest BCUT2D eigenvalue weighted by molar-refractivity contribution is 0.145. The van der Waals surface area contributed by atoms with Crippen molar-refractivity contribution in [1.82, 2.24) is 0 Å². The molecule has 0 spiro atoms. The molecule has 1 N–H and O–H groups in total. The number of fused-ring (bicyclic) bond motifs is 1. The summed E-state index contributed by atoms with van der Waals surface area (Å²) in [4.78, 5) is 1.24. The van der Waals surface area contributed by atoms with Crippen molar-refractivity contribution in [3.8, 4) is 0 Å². The Hall–Kier alpha value is -0.510. The molecule has 1 saturated heterocycles. The Labute approximate surface area is 93.6 Å². The van der Waals surface area contributed by atoms with Crippen molar-refractivity contribution in [2.24, 2.45) is 0 Å². The van der Waals surface area contributed by atoms with E-state index in [-0.39, 0.29) is 6.10 Å². The second-order valence-corrected chi connectivity index (χ2v) is 5.53. The van der Waals surface area contributed by atoms with Gasteiger partial charge in [0.25, 0.3) is 0 Å². The molecule has 1 saturated carbocycles. The quantitative estimate of drug-likeness (QED) is 0.778. The Balaban J connectivity index is 1.67. The standard InChI is InChI=1S/C12H14O2S/c13-9-6-10-11(14-10)7-12(9)15-8-4-2-1-3-5-8/h1-5,9-13H,6-7H2/t9-,10+,11-,12-/m0/s1. The van der Waals surface area contributed by atoms with Gasteiger partial charge >= 0.3 is 0 Å². The first-order valence-electron chi connectivity index (χ1n) is 5.38. The van der Waals surface area contributed by atoms with Gasteiger partial charge in [-0.1, -0.05) is 18.2 Å². The molecule has 1 aromatic carbocycles. The second kappa shape index (κ2) is 3.81. The van der Waals surface area contributed by atoms with E-state index in [0.29, 0.717) is 17.5 Å². The molecular weight excluding hydrogens is 208 g/mol. The van der Waals surface area contributed by atoms with Crippen LogP contribution >= 0.6 is 11.8 Å². The molecule has 2 aliphatic rings. The molecule has 0 amide bonds. The minimum atomic E-state index is -0.209. The number of aliphatic hydroxyl groups excluding tert-OH is 1. The summed E-state index contributed by atoms with van der Waals surface area (Å²) in [6.07, 6.45) is 2.38. The summed E-state index contributed by atoms with van der Waals surface area (Å²) in [7, 11) is 0. The van der Waals surface area contributed by atoms with Crippen LogP contribution < -0.4 is 0 Å². The zero-order valence-electron chi connectivity index (χ0n) is 8.37. The SMILES string of the molecule is O[C@H]1C[C@H]2O[C@H]2C[C@@H]1Sc1ccccc1. The van der Waals surface area contributed by atoms with E-state index < -0.39 is 0 Å². The summed E-state index contributed by atoms with van der Waals surface area (Å²) in [6, 6.07) is 10.3.